The summed E-state index contributed by atoms with van der Waals surface area (Å²) in [6.07, 6.45) is -4.99. The molecule has 4 rings (SSSR count). The van der Waals surface area contributed by atoms with Crippen molar-refractivity contribution in [1.29, 1.82) is 0 Å². The number of hydrogen-bond donors (Lipinski definition) is 0. The van der Waals surface area contributed by atoms with Gasteiger partial charge in [-0.15, -0.1) is 23.2 Å². The Morgan fingerprint density at radius 2 is 1.05 bits per heavy atom. The third kappa shape index (κ3) is 12.4. The van der Waals surface area contributed by atoms with Crippen molar-refractivity contribution < 1.29 is 27.5 Å². The number of carbonyl (C=O) groups is 2. The van der Waals surface area contributed by atoms with Gasteiger partial charge in [0.05, 0.1) is 5.34 Å². The zero-order valence-electron chi connectivity index (χ0n) is 23.6. The van der Waals surface area contributed by atoms with Crippen LogP contribution in [0, 0.1) is 0 Å². The highest BCUT2D eigenvalue weighted by molar-refractivity contribution is 9.10. The molecular weight excluding hydrogens is 728 g/mol. The van der Waals surface area contributed by atoms with E-state index < -0.39 is 17.7 Å². The van der Waals surface area contributed by atoms with Crippen LogP contribution in [0.1, 0.15) is 20.8 Å². The number of rotatable bonds is 2. The van der Waals surface area contributed by atoms with Crippen LogP contribution >= 0.6 is 55.1 Å². The van der Waals surface area contributed by atoms with Crippen LogP contribution in [0.3, 0.4) is 0 Å². The molecule has 2 aromatic rings. The van der Waals surface area contributed by atoms with Gasteiger partial charge < -0.3 is 24.3 Å². The van der Waals surface area contributed by atoms with Crippen LogP contribution in [-0.2, 0) is 9.53 Å². The van der Waals surface area contributed by atoms with E-state index in [0.717, 1.165) is 32.6 Å². The van der Waals surface area contributed by atoms with E-state index in [-0.39, 0.29) is 24.5 Å². The molecule has 42 heavy (non-hydrogen) atoms. The van der Waals surface area contributed by atoms with E-state index in [2.05, 4.69) is 48.9 Å². The van der Waals surface area contributed by atoms with Crippen LogP contribution in [0.5, 0.6) is 0 Å². The van der Waals surface area contributed by atoms with Gasteiger partial charge in [0.25, 0.3) is 0 Å². The Morgan fingerprint density at radius 1 is 0.714 bits per heavy atom. The van der Waals surface area contributed by atoms with Gasteiger partial charge in [0.2, 0.25) is 0 Å². The molecule has 0 aliphatic carbocycles. The molecule has 2 aromatic carbocycles. The molecule has 0 N–H and O–H groups in total. The Labute approximate surface area is 272 Å². The number of amides is 2. The summed E-state index contributed by atoms with van der Waals surface area (Å²) in [6.45, 7) is 9.74. The topological polar surface area (TPSA) is 56.3 Å². The molecule has 0 aromatic heterocycles. The molecule has 234 valence electrons. The van der Waals surface area contributed by atoms with E-state index in [9.17, 15) is 22.8 Å². The highest BCUT2D eigenvalue weighted by Gasteiger charge is 2.43. The number of alkyl halides is 5. The average Bonchev–Trinajstić information content (AvgIpc) is 2.93. The normalized spacial score (nSPS) is 15.7. The van der Waals surface area contributed by atoms with Crippen LogP contribution in [-0.4, -0.2) is 91.3 Å². The van der Waals surface area contributed by atoms with E-state index in [1.54, 1.807) is 4.90 Å². The van der Waals surface area contributed by atoms with E-state index in [1.165, 1.54) is 5.69 Å². The molecule has 2 fully saturated rings. The van der Waals surface area contributed by atoms with Crippen molar-refractivity contribution in [3.8, 4) is 0 Å². The summed E-state index contributed by atoms with van der Waals surface area (Å²) in [5.41, 5.74) is 1.71. The Morgan fingerprint density at radius 3 is 1.36 bits per heavy atom. The van der Waals surface area contributed by atoms with Crippen molar-refractivity contribution in [1.82, 2.24) is 9.80 Å². The lowest BCUT2D eigenvalue weighted by Gasteiger charge is -2.36. The maximum atomic E-state index is 12.3. The number of anilines is 2. The zero-order valence-corrected chi connectivity index (χ0v) is 28.3. The molecule has 2 heterocycles. The average molecular weight is 763 g/mol. The molecule has 14 heteroatoms. The quantitative estimate of drug-likeness (QED) is 0.296. The standard InChI is InChI=1S/C15H21BrN2O2.C12H12BrF3N2O.CH2Cl2/c1-15(2,3)20-14(19)18-10-8-17(9-11-18)13-6-4-12(16)5-7-13;13-9-1-3-10(4-2-9)17-5-7-18(8-6-17)11(19)12(14,15)16;2-1-3/h4-7H,8-11H2,1-3H3;1-4H,5-8H2;1H2. The summed E-state index contributed by atoms with van der Waals surface area (Å²) in [7, 11) is 0. The maximum absolute atomic E-state index is 12.3. The van der Waals surface area contributed by atoms with Crippen LogP contribution < -0.4 is 9.80 Å². The van der Waals surface area contributed by atoms with Gasteiger partial charge in [-0.1, -0.05) is 31.9 Å². The summed E-state index contributed by atoms with van der Waals surface area (Å²) >= 11 is 16.3. The van der Waals surface area contributed by atoms with Gasteiger partial charge in [0.1, 0.15) is 5.60 Å². The molecular formula is C28H35Br2Cl2F3N4O3. The number of benzene rings is 2. The first kappa shape index (κ1) is 36.3. The van der Waals surface area contributed by atoms with E-state index in [4.69, 9.17) is 27.9 Å². The van der Waals surface area contributed by atoms with Gasteiger partial charge in [0, 0.05) is 72.7 Å². The third-order valence-corrected chi connectivity index (χ3v) is 7.18. The number of piperazine rings is 2. The first-order valence-corrected chi connectivity index (χ1v) is 15.8. The number of ether oxygens (including phenoxy) is 1. The zero-order chi connectivity index (χ0) is 31.5. The highest BCUT2D eigenvalue weighted by atomic mass is 79.9. The monoisotopic (exact) mass is 760 g/mol. The fourth-order valence-corrected chi connectivity index (χ4v) is 4.65. The Kier molecular flexibility index (Phi) is 14.5. The molecule has 2 aliphatic rings. The number of hydrogen-bond acceptors (Lipinski definition) is 5. The van der Waals surface area contributed by atoms with E-state index in [0.29, 0.717) is 26.2 Å². The van der Waals surface area contributed by atoms with Crippen LogP contribution in [0.4, 0.5) is 29.3 Å². The molecule has 0 unspecified atom stereocenters. The number of carbonyl (C=O) groups excluding carboxylic acids is 2. The first-order valence-electron chi connectivity index (χ1n) is 13.1. The summed E-state index contributed by atoms with van der Waals surface area (Å²) in [4.78, 5) is 29.9. The minimum Gasteiger partial charge on any atom is -0.444 e. The third-order valence-electron chi connectivity index (χ3n) is 6.12. The van der Waals surface area contributed by atoms with Gasteiger partial charge in [-0.2, -0.15) is 13.2 Å². The van der Waals surface area contributed by atoms with Crippen molar-refractivity contribution in [3.63, 3.8) is 0 Å². The summed E-state index contributed by atoms with van der Waals surface area (Å²) < 4.78 is 44.3. The second-order valence-electron chi connectivity index (χ2n) is 10.3. The Balaban J connectivity index is 0.000000269. The minimum absolute atomic E-state index is 0.0917. The van der Waals surface area contributed by atoms with Crippen molar-refractivity contribution in [3.05, 3.63) is 57.5 Å². The van der Waals surface area contributed by atoms with Crippen molar-refractivity contribution in [2.75, 3.05) is 67.5 Å². The molecule has 2 amide bonds. The fraction of sp³-hybridized carbons (Fsp3) is 0.500. The molecule has 2 saturated heterocycles. The van der Waals surface area contributed by atoms with Crippen molar-refractivity contribution >= 4 is 78.4 Å². The molecule has 0 bridgehead atoms. The second kappa shape index (κ2) is 16.8. The predicted octanol–water partition coefficient (Wildman–Crippen LogP) is 7.59. The SMILES string of the molecule is CC(C)(C)OC(=O)N1CCN(c2ccc(Br)cc2)CC1.ClCCl.O=C(N1CCN(c2ccc(Br)cc2)CC1)C(F)(F)F. The fourth-order valence-electron chi connectivity index (χ4n) is 4.12. The predicted molar refractivity (Wildman–Crippen MR) is 170 cm³/mol. The number of nitrogens with zero attached hydrogens (tertiary/aromatic N) is 4. The van der Waals surface area contributed by atoms with Gasteiger partial charge in [0.15, 0.2) is 0 Å². The lowest BCUT2D eigenvalue weighted by molar-refractivity contribution is -0.185. The summed E-state index contributed by atoms with van der Waals surface area (Å²) in [5, 5.41) is 0.194. The van der Waals surface area contributed by atoms with Crippen molar-refractivity contribution in [2.45, 2.75) is 32.5 Å². The smallest absolute Gasteiger partial charge is 0.444 e. The molecule has 0 spiro atoms. The Hall–Kier alpha value is -1.89. The number of halogens is 7. The van der Waals surface area contributed by atoms with Gasteiger partial charge in [-0.3, -0.25) is 4.79 Å². The minimum atomic E-state index is -4.78. The van der Waals surface area contributed by atoms with Crippen LogP contribution in [0.15, 0.2) is 57.5 Å². The lowest BCUT2D eigenvalue weighted by atomic mass is 10.2. The Bertz CT molecular complexity index is 1120. The summed E-state index contributed by atoms with van der Waals surface area (Å²) in [5.74, 6) is -1.75. The molecule has 2 aliphatic heterocycles. The molecule has 0 saturated carbocycles. The van der Waals surface area contributed by atoms with E-state index in [1.807, 2.05) is 62.1 Å². The van der Waals surface area contributed by atoms with Crippen LogP contribution in [0.2, 0.25) is 0 Å². The molecule has 7 nitrogen and oxygen atoms in total. The van der Waals surface area contributed by atoms with E-state index >= 15 is 0 Å². The maximum Gasteiger partial charge on any atom is 0.471 e. The van der Waals surface area contributed by atoms with Gasteiger partial charge in [-0.05, 0) is 69.3 Å². The highest BCUT2D eigenvalue weighted by Crippen LogP contribution is 2.23. The van der Waals surface area contributed by atoms with Crippen molar-refractivity contribution in [2.24, 2.45) is 0 Å². The van der Waals surface area contributed by atoms with Gasteiger partial charge in [-0.25, -0.2) is 4.79 Å². The van der Waals surface area contributed by atoms with Crippen LogP contribution in [0.25, 0.3) is 0 Å². The second-order valence-corrected chi connectivity index (χ2v) is 12.9. The molecule has 0 atom stereocenters. The lowest BCUT2D eigenvalue weighted by Crippen LogP contribution is -2.52. The first-order chi connectivity index (χ1) is 19.6. The summed E-state index contributed by atoms with van der Waals surface area (Å²) in [6, 6.07) is 15.8. The molecule has 0 radical (unpaired) electrons. The van der Waals surface area contributed by atoms with Gasteiger partial charge >= 0.3 is 18.2 Å². The largest absolute Gasteiger partial charge is 0.471 e.